The largest absolute Gasteiger partial charge is 0.375 e. The Bertz CT molecular complexity index is 1050. The minimum Gasteiger partial charge on any atom is -0.375 e. The van der Waals surface area contributed by atoms with Crippen LogP contribution in [-0.2, 0) is 4.74 Å². The van der Waals surface area contributed by atoms with Gasteiger partial charge in [0, 0.05) is 31.5 Å². The Morgan fingerprint density at radius 2 is 2.06 bits per heavy atom. The summed E-state index contributed by atoms with van der Waals surface area (Å²) in [5.74, 6) is 1.79. The van der Waals surface area contributed by atoms with Crippen molar-refractivity contribution < 1.29 is 4.74 Å². The van der Waals surface area contributed by atoms with Gasteiger partial charge in [0.15, 0.2) is 5.82 Å². The van der Waals surface area contributed by atoms with Crippen LogP contribution in [0.3, 0.4) is 0 Å². The smallest absolute Gasteiger partial charge is 0.271 e. The highest BCUT2D eigenvalue weighted by Crippen LogP contribution is 2.47. The SMILES string of the molecule is CC1=Nc2c(c(=O)[nH]n2C2CCOC(C)(C)C2)C(c2cccnc2N2CCCCC2)S1. The molecule has 0 aliphatic carbocycles. The van der Waals surface area contributed by atoms with E-state index >= 15 is 0 Å². The van der Waals surface area contributed by atoms with Gasteiger partial charge in [-0.3, -0.25) is 14.6 Å². The lowest BCUT2D eigenvalue weighted by Gasteiger charge is -2.36. The Morgan fingerprint density at radius 1 is 1.26 bits per heavy atom. The number of nitrogens with one attached hydrogen (secondary N) is 1. The minimum absolute atomic E-state index is 0.0403. The molecule has 0 amide bonds. The van der Waals surface area contributed by atoms with E-state index in [1.807, 2.05) is 23.9 Å². The van der Waals surface area contributed by atoms with Gasteiger partial charge in [0.2, 0.25) is 0 Å². The molecule has 0 bridgehead atoms. The molecular weight excluding hydrogens is 410 g/mol. The van der Waals surface area contributed by atoms with E-state index in [1.165, 1.54) is 19.3 Å². The zero-order chi connectivity index (χ0) is 21.6. The maximum atomic E-state index is 13.2. The first kappa shape index (κ1) is 20.8. The van der Waals surface area contributed by atoms with Crippen LogP contribution in [0, 0.1) is 0 Å². The molecule has 31 heavy (non-hydrogen) atoms. The van der Waals surface area contributed by atoms with Gasteiger partial charge >= 0.3 is 0 Å². The van der Waals surface area contributed by atoms with Gasteiger partial charge in [0.05, 0.1) is 27.5 Å². The molecule has 2 aromatic rings. The summed E-state index contributed by atoms with van der Waals surface area (Å²) in [6, 6.07) is 4.29. The summed E-state index contributed by atoms with van der Waals surface area (Å²) in [6.07, 6.45) is 7.24. The summed E-state index contributed by atoms with van der Waals surface area (Å²) in [5, 5.41) is 4.01. The van der Waals surface area contributed by atoms with E-state index in [1.54, 1.807) is 11.8 Å². The number of aromatic nitrogens is 3. The van der Waals surface area contributed by atoms with E-state index in [4.69, 9.17) is 14.7 Å². The van der Waals surface area contributed by atoms with Crippen LogP contribution >= 0.6 is 11.8 Å². The van der Waals surface area contributed by atoms with Crippen molar-refractivity contribution in [1.29, 1.82) is 0 Å². The molecule has 8 heteroatoms. The van der Waals surface area contributed by atoms with Crippen molar-refractivity contribution >= 4 is 28.4 Å². The molecule has 1 N–H and O–H groups in total. The molecule has 2 fully saturated rings. The number of thioether (sulfide) groups is 1. The van der Waals surface area contributed by atoms with Crippen LogP contribution in [0.4, 0.5) is 11.6 Å². The first-order valence-corrected chi connectivity index (χ1v) is 12.2. The summed E-state index contributed by atoms with van der Waals surface area (Å²) in [6.45, 7) is 9.00. The number of anilines is 1. The maximum Gasteiger partial charge on any atom is 0.271 e. The molecule has 2 atom stereocenters. The molecule has 0 aromatic carbocycles. The number of piperidine rings is 1. The number of nitrogens with zero attached hydrogens (tertiary/aromatic N) is 4. The lowest BCUT2D eigenvalue weighted by molar-refractivity contribution is -0.0705. The number of H-pyrrole nitrogens is 1. The number of ether oxygens (including phenoxy) is 1. The summed E-state index contributed by atoms with van der Waals surface area (Å²) in [5.41, 5.74) is 1.62. The van der Waals surface area contributed by atoms with Crippen molar-refractivity contribution in [2.45, 2.75) is 69.8 Å². The van der Waals surface area contributed by atoms with Crippen LogP contribution in [0.1, 0.15) is 75.3 Å². The third-order valence-corrected chi connectivity index (χ3v) is 7.70. The number of hydrogen-bond acceptors (Lipinski definition) is 6. The Hall–Kier alpha value is -2.06. The normalized spacial score (nSPS) is 25.8. The van der Waals surface area contributed by atoms with Crippen LogP contribution in [-0.4, -0.2) is 45.1 Å². The molecule has 0 radical (unpaired) electrons. The van der Waals surface area contributed by atoms with Gasteiger partial charge in [-0.1, -0.05) is 17.8 Å². The fraction of sp³-hybridized carbons (Fsp3) is 0.609. The predicted molar refractivity (Wildman–Crippen MR) is 126 cm³/mol. The van der Waals surface area contributed by atoms with Crippen LogP contribution in [0.25, 0.3) is 0 Å². The monoisotopic (exact) mass is 441 g/mol. The third kappa shape index (κ3) is 3.96. The number of aromatic amines is 1. The number of aliphatic imine (C=N–C) groups is 1. The summed E-state index contributed by atoms with van der Waals surface area (Å²) in [4.78, 5) is 25.2. The highest BCUT2D eigenvalue weighted by Gasteiger charge is 2.37. The Morgan fingerprint density at radius 3 is 2.84 bits per heavy atom. The third-order valence-electron chi connectivity index (χ3n) is 6.54. The molecular formula is C23H31N5O2S. The molecule has 0 saturated carbocycles. The maximum absolute atomic E-state index is 13.2. The standard InChI is InChI=1S/C23H31N5O2S/c1-15-25-21-18(22(29)26-28(21)16-9-13-30-23(2,3)14-16)19(31-15)17-8-7-10-24-20(17)27-11-5-4-6-12-27/h7-8,10,16,19H,4-6,9,11-14H2,1-3H3,(H,26,29). The van der Waals surface area contributed by atoms with E-state index in [2.05, 4.69) is 29.9 Å². The van der Waals surface area contributed by atoms with E-state index in [-0.39, 0.29) is 22.5 Å². The predicted octanol–water partition coefficient (Wildman–Crippen LogP) is 4.58. The second-order valence-electron chi connectivity index (χ2n) is 9.40. The molecule has 3 aliphatic rings. The van der Waals surface area contributed by atoms with E-state index in [0.717, 1.165) is 53.7 Å². The van der Waals surface area contributed by atoms with Crippen molar-refractivity contribution in [1.82, 2.24) is 14.8 Å². The average molecular weight is 442 g/mol. The first-order valence-electron chi connectivity index (χ1n) is 11.3. The number of fused-ring (bicyclic) bond motifs is 1. The molecule has 7 nitrogen and oxygen atoms in total. The van der Waals surface area contributed by atoms with Gasteiger partial charge < -0.3 is 9.64 Å². The van der Waals surface area contributed by atoms with Crippen LogP contribution in [0.15, 0.2) is 28.1 Å². The fourth-order valence-corrected chi connectivity index (χ4v) is 6.22. The van der Waals surface area contributed by atoms with Crippen molar-refractivity contribution in [3.8, 4) is 0 Å². The Balaban J connectivity index is 1.58. The second-order valence-corrected chi connectivity index (χ2v) is 10.7. The van der Waals surface area contributed by atoms with Crippen molar-refractivity contribution in [3.63, 3.8) is 0 Å². The summed E-state index contributed by atoms with van der Waals surface area (Å²) in [7, 11) is 0. The number of pyridine rings is 1. The molecule has 166 valence electrons. The van der Waals surface area contributed by atoms with Crippen molar-refractivity contribution in [3.05, 3.63) is 39.8 Å². The van der Waals surface area contributed by atoms with E-state index in [0.29, 0.717) is 6.61 Å². The molecule has 2 unspecified atom stereocenters. The average Bonchev–Trinajstić information content (AvgIpc) is 3.09. The summed E-state index contributed by atoms with van der Waals surface area (Å²) >= 11 is 1.66. The van der Waals surface area contributed by atoms with Gasteiger partial charge in [0.1, 0.15) is 5.82 Å². The Labute approximate surface area is 187 Å². The summed E-state index contributed by atoms with van der Waals surface area (Å²) < 4.78 is 7.91. The van der Waals surface area contributed by atoms with Crippen LogP contribution in [0.2, 0.25) is 0 Å². The van der Waals surface area contributed by atoms with E-state index < -0.39 is 0 Å². The molecule has 2 aromatic heterocycles. The van der Waals surface area contributed by atoms with E-state index in [9.17, 15) is 4.79 Å². The molecule has 5 rings (SSSR count). The Kier molecular flexibility index (Phi) is 5.46. The fourth-order valence-electron chi connectivity index (χ4n) is 5.10. The number of rotatable bonds is 3. The lowest BCUT2D eigenvalue weighted by Crippen LogP contribution is -2.35. The highest BCUT2D eigenvalue weighted by molar-refractivity contribution is 8.14. The lowest BCUT2D eigenvalue weighted by atomic mass is 9.94. The van der Waals surface area contributed by atoms with Gasteiger partial charge in [-0.05, 0) is 58.9 Å². The highest BCUT2D eigenvalue weighted by atomic mass is 32.2. The topological polar surface area (TPSA) is 75.5 Å². The zero-order valence-electron chi connectivity index (χ0n) is 18.6. The quantitative estimate of drug-likeness (QED) is 0.755. The van der Waals surface area contributed by atoms with Crippen molar-refractivity contribution in [2.24, 2.45) is 4.99 Å². The van der Waals surface area contributed by atoms with Crippen LogP contribution < -0.4 is 10.5 Å². The zero-order valence-corrected chi connectivity index (χ0v) is 19.4. The number of hydrogen-bond donors (Lipinski definition) is 1. The minimum atomic E-state index is -0.205. The molecule has 5 heterocycles. The molecule has 3 aliphatic heterocycles. The van der Waals surface area contributed by atoms with Crippen LogP contribution in [0.5, 0.6) is 0 Å². The first-order chi connectivity index (χ1) is 14.9. The molecule has 0 spiro atoms. The second kappa shape index (κ2) is 8.13. The van der Waals surface area contributed by atoms with Gasteiger partial charge in [0.25, 0.3) is 5.56 Å². The van der Waals surface area contributed by atoms with Gasteiger partial charge in [-0.15, -0.1) is 0 Å². The van der Waals surface area contributed by atoms with Crippen molar-refractivity contribution in [2.75, 3.05) is 24.6 Å². The van der Waals surface area contributed by atoms with Gasteiger partial charge in [-0.25, -0.2) is 9.98 Å². The van der Waals surface area contributed by atoms with Gasteiger partial charge in [-0.2, -0.15) is 0 Å². The molecule has 2 saturated heterocycles.